The Hall–Kier alpha value is -3.16. The lowest BCUT2D eigenvalue weighted by molar-refractivity contribution is 0.0951. The van der Waals surface area contributed by atoms with Crippen molar-refractivity contribution in [2.75, 3.05) is 25.6 Å². The van der Waals surface area contributed by atoms with Crippen LogP contribution < -0.4 is 10.6 Å². The smallest absolute Gasteiger partial charge is 0.253 e. The number of anilines is 1. The van der Waals surface area contributed by atoms with Crippen molar-refractivity contribution in [1.29, 1.82) is 0 Å². The Bertz CT molecular complexity index is 1390. The van der Waals surface area contributed by atoms with E-state index in [0.29, 0.717) is 17.2 Å². The molecule has 7 nitrogen and oxygen atoms in total. The van der Waals surface area contributed by atoms with E-state index in [1.54, 1.807) is 13.2 Å². The first-order chi connectivity index (χ1) is 16.5. The molecule has 2 aromatic carbocycles. The van der Waals surface area contributed by atoms with Crippen molar-refractivity contribution >= 4 is 40.0 Å². The quantitative estimate of drug-likeness (QED) is 0.342. The number of carbonyl (C=O) groups is 1. The van der Waals surface area contributed by atoms with Crippen molar-refractivity contribution in [3.05, 3.63) is 58.2 Å². The van der Waals surface area contributed by atoms with Gasteiger partial charge < -0.3 is 15.4 Å². The Morgan fingerprint density at radius 2 is 2.00 bits per heavy atom. The van der Waals surface area contributed by atoms with Gasteiger partial charge in [0, 0.05) is 31.9 Å². The summed E-state index contributed by atoms with van der Waals surface area (Å²) in [6.45, 7) is 5.59. The van der Waals surface area contributed by atoms with Gasteiger partial charge in [0.1, 0.15) is 0 Å². The average Bonchev–Trinajstić information content (AvgIpc) is 3.51. The number of hydrogen-bond acceptors (Lipinski definition) is 5. The van der Waals surface area contributed by atoms with Crippen LogP contribution >= 0.6 is 11.6 Å². The molecule has 1 fully saturated rings. The Kier molecular flexibility index (Phi) is 6.15. The largest absolute Gasteiger partial charge is 0.385 e. The fourth-order valence-corrected chi connectivity index (χ4v) is 4.35. The molecule has 34 heavy (non-hydrogen) atoms. The maximum absolute atomic E-state index is 12.5. The Morgan fingerprint density at radius 3 is 2.74 bits per heavy atom. The molecule has 2 heterocycles. The van der Waals surface area contributed by atoms with Gasteiger partial charge in [-0.25, -0.2) is 9.97 Å². The topological polar surface area (TPSA) is 80.5 Å². The van der Waals surface area contributed by atoms with Crippen molar-refractivity contribution in [2.24, 2.45) is 0 Å². The van der Waals surface area contributed by atoms with E-state index in [9.17, 15) is 4.79 Å². The molecule has 0 atom stereocenters. The van der Waals surface area contributed by atoms with Crippen LogP contribution in [-0.2, 0) is 4.74 Å². The number of hydrogen-bond donors (Lipinski definition) is 2. The van der Waals surface area contributed by atoms with E-state index in [4.69, 9.17) is 26.3 Å². The van der Waals surface area contributed by atoms with E-state index in [-0.39, 0.29) is 11.9 Å². The standard InChI is InChI=1S/C26H28ClN5O2/c1-15-11-21-22(12-16(15)2)32-23(14-29-25(32)24(31-21)28-9-4-10-34-3)17-5-8-19(20(27)13-17)26(33)30-18-6-7-18/h5,8,11-14,18H,4,6-7,9-10H2,1-3H3,(H,28,31)(H,30,33). The van der Waals surface area contributed by atoms with Gasteiger partial charge in [0.2, 0.25) is 0 Å². The second-order valence-electron chi connectivity index (χ2n) is 8.90. The molecule has 8 heteroatoms. The van der Waals surface area contributed by atoms with Gasteiger partial charge in [-0.2, -0.15) is 0 Å². The minimum atomic E-state index is -0.125. The SMILES string of the molecule is COCCCNc1nc2cc(C)c(C)cc2n2c(-c3ccc(C(=O)NC4CC4)c(Cl)c3)cnc12. The number of nitrogens with zero attached hydrogens (tertiary/aromatic N) is 3. The summed E-state index contributed by atoms with van der Waals surface area (Å²) in [7, 11) is 1.70. The van der Waals surface area contributed by atoms with Gasteiger partial charge in [-0.3, -0.25) is 9.20 Å². The molecule has 0 unspecified atom stereocenters. The molecule has 1 amide bonds. The van der Waals surface area contributed by atoms with E-state index < -0.39 is 0 Å². The van der Waals surface area contributed by atoms with Gasteiger partial charge in [0.05, 0.1) is 33.5 Å². The van der Waals surface area contributed by atoms with Crippen molar-refractivity contribution in [3.63, 3.8) is 0 Å². The molecule has 0 radical (unpaired) electrons. The summed E-state index contributed by atoms with van der Waals surface area (Å²) < 4.78 is 7.28. The van der Waals surface area contributed by atoms with E-state index in [0.717, 1.165) is 59.6 Å². The molecule has 0 bridgehead atoms. The first-order valence-corrected chi connectivity index (χ1v) is 12.0. The zero-order chi connectivity index (χ0) is 23.8. The van der Waals surface area contributed by atoms with Crippen molar-refractivity contribution in [1.82, 2.24) is 19.7 Å². The predicted molar refractivity (Wildman–Crippen MR) is 136 cm³/mol. The fraction of sp³-hybridized carbons (Fsp3) is 0.346. The summed E-state index contributed by atoms with van der Waals surface area (Å²) in [5.74, 6) is 0.602. The number of ether oxygens (including phenoxy) is 1. The van der Waals surface area contributed by atoms with Crippen molar-refractivity contribution in [3.8, 4) is 11.3 Å². The number of nitrogens with one attached hydrogen (secondary N) is 2. The molecule has 5 rings (SSSR count). The second-order valence-corrected chi connectivity index (χ2v) is 9.31. The highest BCUT2D eigenvalue weighted by Crippen LogP contribution is 2.32. The van der Waals surface area contributed by atoms with Crippen LogP contribution in [0.5, 0.6) is 0 Å². The number of amides is 1. The van der Waals surface area contributed by atoms with Crippen LogP contribution in [0.2, 0.25) is 5.02 Å². The van der Waals surface area contributed by atoms with Crippen LogP contribution in [0.25, 0.3) is 27.9 Å². The maximum Gasteiger partial charge on any atom is 0.253 e. The molecule has 176 valence electrons. The molecule has 2 N–H and O–H groups in total. The van der Waals surface area contributed by atoms with Crippen LogP contribution in [0.15, 0.2) is 36.5 Å². The van der Waals surface area contributed by atoms with Crippen molar-refractivity contribution < 1.29 is 9.53 Å². The Morgan fingerprint density at radius 1 is 1.21 bits per heavy atom. The van der Waals surface area contributed by atoms with Gasteiger partial charge in [0.15, 0.2) is 11.5 Å². The summed E-state index contributed by atoms with van der Waals surface area (Å²) in [4.78, 5) is 22.1. The van der Waals surface area contributed by atoms with Gasteiger partial charge >= 0.3 is 0 Å². The van der Waals surface area contributed by atoms with E-state index >= 15 is 0 Å². The Labute approximate surface area is 203 Å². The number of methoxy groups -OCH3 is 1. The first-order valence-electron chi connectivity index (χ1n) is 11.6. The molecule has 0 spiro atoms. The van der Waals surface area contributed by atoms with E-state index in [2.05, 4.69) is 41.0 Å². The number of benzene rings is 2. The third kappa shape index (κ3) is 4.33. The van der Waals surface area contributed by atoms with Gasteiger partial charge in [-0.1, -0.05) is 17.7 Å². The summed E-state index contributed by atoms with van der Waals surface area (Å²) in [5, 5.41) is 6.84. The monoisotopic (exact) mass is 477 g/mol. The molecule has 1 aliphatic rings. The molecule has 1 saturated carbocycles. The third-order valence-corrected chi connectivity index (χ3v) is 6.59. The van der Waals surface area contributed by atoms with Crippen LogP contribution in [0.3, 0.4) is 0 Å². The molecule has 1 aliphatic carbocycles. The average molecular weight is 478 g/mol. The number of aryl methyl sites for hydroxylation is 2. The molecule has 4 aromatic rings. The van der Waals surface area contributed by atoms with Crippen molar-refractivity contribution in [2.45, 2.75) is 39.2 Å². The highest BCUT2D eigenvalue weighted by molar-refractivity contribution is 6.34. The van der Waals surface area contributed by atoms with Crippen LogP contribution in [0.1, 0.15) is 40.7 Å². The molecule has 2 aromatic heterocycles. The van der Waals surface area contributed by atoms with E-state index in [1.807, 2.05) is 18.3 Å². The number of carbonyl (C=O) groups excluding carboxylic acids is 1. The van der Waals surface area contributed by atoms with Gasteiger partial charge in [-0.05, 0) is 68.5 Å². The lowest BCUT2D eigenvalue weighted by Gasteiger charge is -2.13. The number of aromatic nitrogens is 3. The number of halogens is 1. The number of rotatable bonds is 8. The highest BCUT2D eigenvalue weighted by atomic mass is 35.5. The zero-order valence-corrected chi connectivity index (χ0v) is 20.4. The summed E-state index contributed by atoms with van der Waals surface area (Å²) >= 11 is 6.56. The summed E-state index contributed by atoms with van der Waals surface area (Å²) in [6, 6.07) is 10.1. The van der Waals surface area contributed by atoms with Gasteiger partial charge in [0.25, 0.3) is 5.91 Å². The zero-order valence-electron chi connectivity index (χ0n) is 19.6. The van der Waals surface area contributed by atoms with Crippen LogP contribution in [-0.4, -0.2) is 46.6 Å². The predicted octanol–water partition coefficient (Wildman–Crippen LogP) is 5.16. The first kappa shape index (κ1) is 22.6. The molecule has 0 aliphatic heterocycles. The van der Waals surface area contributed by atoms with Crippen LogP contribution in [0, 0.1) is 13.8 Å². The normalized spacial score (nSPS) is 13.5. The third-order valence-electron chi connectivity index (χ3n) is 6.28. The highest BCUT2D eigenvalue weighted by Gasteiger charge is 2.25. The second kappa shape index (κ2) is 9.24. The molecular formula is C26H28ClN5O2. The molecule has 0 saturated heterocycles. The lowest BCUT2D eigenvalue weighted by Crippen LogP contribution is -2.25. The van der Waals surface area contributed by atoms with Gasteiger partial charge in [-0.15, -0.1) is 0 Å². The number of fused-ring (bicyclic) bond motifs is 3. The Balaban J connectivity index is 1.61. The number of imidazole rings is 1. The minimum absolute atomic E-state index is 0.125. The molecular weight excluding hydrogens is 450 g/mol. The maximum atomic E-state index is 12.5. The minimum Gasteiger partial charge on any atom is -0.385 e. The summed E-state index contributed by atoms with van der Waals surface area (Å²) in [5.41, 5.74) is 7.23. The lowest BCUT2D eigenvalue weighted by atomic mass is 10.1. The fourth-order valence-electron chi connectivity index (χ4n) is 4.08. The van der Waals surface area contributed by atoms with E-state index in [1.165, 1.54) is 11.1 Å². The van der Waals surface area contributed by atoms with Crippen LogP contribution in [0.4, 0.5) is 5.82 Å². The summed E-state index contributed by atoms with van der Waals surface area (Å²) in [6.07, 6.45) is 4.76.